The first kappa shape index (κ1) is 13.7. The molecule has 2 aromatic rings. The van der Waals surface area contributed by atoms with Crippen LogP contribution in [0.4, 0.5) is 4.39 Å². The number of nitrogens with zero attached hydrogens (tertiary/aromatic N) is 2. The van der Waals surface area contributed by atoms with E-state index in [1.165, 1.54) is 11.6 Å². The van der Waals surface area contributed by atoms with Crippen LogP contribution in [0.2, 0.25) is 0 Å². The highest BCUT2D eigenvalue weighted by molar-refractivity contribution is 5.29. The molecule has 1 atom stereocenters. The second-order valence-corrected chi connectivity index (χ2v) is 4.84. The largest absolute Gasteiger partial charge is 0.313 e. The van der Waals surface area contributed by atoms with Gasteiger partial charge >= 0.3 is 0 Å². The van der Waals surface area contributed by atoms with Crippen LogP contribution in [0.5, 0.6) is 0 Å². The molecule has 0 aliphatic carbocycles. The molecule has 0 spiro atoms. The Balaban J connectivity index is 2.35. The first-order valence-corrected chi connectivity index (χ1v) is 6.49. The highest BCUT2D eigenvalue weighted by atomic mass is 19.1. The lowest BCUT2D eigenvalue weighted by atomic mass is 10.1. The zero-order valence-electron chi connectivity index (χ0n) is 11.9. The maximum Gasteiger partial charge on any atom is 0.128 e. The van der Waals surface area contributed by atoms with Gasteiger partial charge in [0.2, 0.25) is 0 Å². The smallest absolute Gasteiger partial charge is 0.128 e. The van der Waals surface area contributed by atoms with Crippen molar-refractivity contribution in [2.75, 3.05) is 7.05 Å². The summed E-state index contributed by atoms with van der Waals surface area (Å²) < 4.78 is 15.6. The van der Waals surface area contributed by atoms with Gasteiger partial charge < -0.3 is 5.32 Å². The molecule has 3 nitrogen and oxygen atoms in total. The molecule has 102 valence electrons. The fourth-order valence-electron chi connectivity index (χ4n) is 2.42. The molecule has 0 fully saturated rings. The minimum atomic E-state index is -0.182. The van der Waals surface area contributed by atoms with Crippen molar-refractivity contribution in [3.63, 3.8) is 0 Å². The fourth-order valence-corrected chi connectivity index (χ4v) is 2.42. The van der Waals surface area contributed by atoms with Gasteiger partial charge in [-0.05, 0) is 33.9 Å². The van der Waals surface area contributed by atoms with Crippen molar-refractivity contribution >= 4 is 0 Å². The molecular formula is C15H20FN3. The van der Waals surface area contributed by atoms with Gasteiger partial charge in [0.1, 0.15) is 5.82 Å². The third kappa shape index (κ3) is 2.68. The number of hydrogen-bond acceptors (Lipinski definition) is 2. The van der Waals surface area contributed by atoms with Crippen molar-refractivity contribution in [1.82, 2.24) is 15.1 Å². The number of nitrogens with one attached hydrogen (secondary N) is 1. The van der Waals surface area contributed by atoms with Crippen LogP contribution in [0.3, 0.4) is 0 Å². The lowest BCUT2D eigenvalue weighted by molar-refractivity contribution is 0.577. The molecule has 4 heteroatoms. The molecule has 1 aromatic heterocycles. The lowest BCUT2D eigenvalue weighted by Gasteiger charge is -2.11. The third-order valence-electron chi connectivity index (χ3n) is 3.58. The maximum atomic E-state index is 13.7. The highest BCUT2D eigenvalue weighted by Crippen LogP contribution is 2.22. The molecule has 2 rings (SSSR count). The zero-order valence-corrected chi connectivity index (χ0v) is 11.9. The Labute approximate surface area is 113 Å². The van der Waals surface area contributed by atoms with E-state index in [-0.39, 0.29) is 11.9 Å². The average molecular weight is 261 g/mol. The molecule has 0 bridgehead atoms. The van der Waals surface area contributed by atoms with E-state index in [0.717, 1.165) is 11.4 Å². The van der Waals surface area contributed by atoms with Crippen LogP contribution in [0.15, 0.2) is 24.3 Å². The number of aryl methyl sites for hydroxylation is 1. The van der Waals surface area contributed by atoms with Gasteiger partial charge in [0, 0.05) is 22.9 Å². The van der Waals surface area contributed by atoms with Crippen molar-refractivity contribution < 1.29 is 4.39 Å². The van der Waals surface area contributed by atoms with Crippen LogP contribution in [0, 0.1) is 19.7 Å². The second-order valence-electron chi connectivity index (χ2n) is 4.84. The summed E-state index contributed by atoms with van der Waals surface area (Å²) in [5, 5.41) is 7.75. The Morgan fingerprint density at radius 3 is 2.63 bits per heavy atom. The molecule has 1 N–H and O–H groups in total. The van der Waals surface area contributed by atoms with Crippen LogP contribution in [0.25, 0.3) is 0 Å². The molecule has 1 heterocycles. The van der Waals surface area contributed by atoms with Gasteiger partial charge in [-0.25, -0.2) is 4.39 Å². The van der Waals surface area contributed by atoms with E-state index in [2.05, 4.69) is 17.3 Å². The first-order chi connectivity index (χ1) is 9.04. The Kier molecular flexibility index (Phi) is 4.00. The van der Waals surface area contributed by atoms with Gasteiger partial charge in [0.25, 0.3) is 0 Å². The maximum absolute atomic E-state index is 13.7. The quantitative estimate of drug-likeness (QED) is 0.917. The van der Waals surface area contributed by atoms with E-state index in [4.69, 9.17) is 0 Å². The molecule has 0 saturated carbocycles. The first-order valence-electron chi connectivity index (χ1n) is 6.49. The molecule has 1 unspecified atom stereocenters. The van der Waals surface area contributed by atoms with Gasteiger partial charge in [-0.2, -0.15) is 5.10 Å². The molecular weight excluding hydrogens is 241 g/mol. The Bertz CT molecular complexity index is 575. The summed E-state index contributed by atoms with van der Waals surface area (Å²) in [7, 11) is 1.93. The summed E-state index contributed by atoms with van der Waals surface area (Å²) in [5.41, 5.74) is 3.94. The van der Waals surface area contributed by atoms with Crippen molar-refractivity contribution in [3.8, 4) is 0 Å². The summed E-state index contributed by atoms with van der Waals surface area (Å²) >= 11 is 0. The molecule has 0 aliphatic rings. The van der Waals surface area contributed by atoms with Crippen LogP contribution in [-0.2, 0) is 6.54 Å². The number of halogens is 1. The predicted octanol–water partition coefficient (Wildman–Crippen LogP) is 2.97. The van der Waals surface area contributed by atoms with Crippen LogP contribution in [0.1, 0.15) is 35.5 Å². The van der Waals surface area contributed by atoms with Crippen molar-refractivity contribution in [2.24, 2.45) is 0 Å². The summed E-state index contributed by atoms with van der Waals surface area (Å²) in [5.74, 6) is -0.182. The topological polar surface area (TPSA) is 29.9 Å². The zero-order chi connectivity index (χ0) is 14.0. The summed E-state index contributed by atoms with van der Waals surface area (Å²) in [6.45, 7) is 6.60. The van der Waals surface area contributed by atoms with Crippen molar-refractivity contribution in [3.05, 3.63) is 52.6 Å². The second kappa shape index (κ2) is 5.53. The lowest BCUT2D eigenvalue weighted by Crippen LogP contribution is -2.14. The predicted molar refractivity (Wildman–Crippen MR) is 74.7 cm³/mol. The van der Waals surface area contributed by atoms with E-state index in [0.29, 0.717) is 12.1 Å². The van der Waals surface area contributed by atoms with Crippen molar-refractivity contribution in [1.29, 1.82) is 0 Å². The average Bonchev–Trinajstić information content (AvgIpc) is 2.66. The van der Waals surface area contributed by atoms with E-state index in [9.17, 15) is 4.39 Å². The van der Waals surface area contributed by atoms with Crippen molar-refractivity contribution in [2.45, 2.75) is 33.4 Å². The Morgan fingerprint density at radius 2 is 2.00 bits per heavy atom. The Hall–Kier alpha value is -1.68. The monoisotopic (exact) mass is 261 g/mol. The van der Waals surface area contributed by atoms with Crippen LogP contribution < -0.4 is 5.32 Å². The number of benzene rings is 1. The van der Waals surface area contributed by atoms with E-state index in [1.807, 2.05) is 31.6 Å². The molecule has 1 aromatic carbocycles. The third-order valence-corrected chi connectivity index (χ3v) is 3.58. The van der Waals surface area contributed by atoms with E-state index in [1.54, 1.807) is 12.1 Å². The van der Waals surface area contributed by atoms with Gasteiger partial charge in [-0.15, -0.1) is 0 Å². The van der Waals surface area contributed by atoms with E-state index < -0.39 is 0 Å². The fraction of sp³-hybridized carbons (Fsp3) is 0.400. The highest BCUT2D eigenvalue weighted by Gasteiger charge is 2.16. The van der Waals surface area contributed by atoms with Crippen LogP contribution in [-0.4, -0.2) is 16.8 Å². The molecule has 0 aliphatic heterocycles. The van der Waals surface area contributed by atoms with Gasteiger partial charge in [0.15, 0.2) is 0 Å². The molecule has 19 heavy (non-hydrogen) atoms. The molecule has 0 amide bonds. The van der Waals surface area contributed by atoms with Crippen LogP contribution >= 0.6 is 0 Å². The minimum Gasteiger partial charge on any atom is -0.313 e. The summed E-state index contributed by atoms with van der Waals surface area (Å²) in [6.07, 6.45) is 0. The number of rotatable bonds is 4. The standard InChI is InChI=1S/C15H20FN3/c1-10(17-4)15-11(2)18-19(12(15)3)9-13-7-5-6-8-14(13)16/h5-8,10,17H,9H2,1-4H3. The SMILES string of the molecule is CNC(C)c1c(C)nn(Cc2ccccc2F)c1C. The van der Waals surface area contributed by atoms with Gasteiger partial charge in [-0.3, -0.25) is 4.68 Å². The molecule has 0 radical (unpaired) electrons. The number of aromatic nitrogens is 2. The molecule has 0 saturated heterocycles. The summed E-state index contributed by atoms with van der Waals surface area (Å²) in [4.78, 5) is 0. The van der Waals surface area contributed by atoms with Gasteiger partial charge in [-0.1, -0.05) is 18.2 Å². The van der Waals surface area contributed by atoms with E-state index >= 15 is 0 Å². The minimum absolute atomic E-state index is 0.182. The number of hydrogen-bond donors (Lipinski definition) is 1. The summed E-state index contributed by atoms with van der Waals surface area (Å²) in [6, 6.07) is 7.08. The van der Waals surface area contributed by atoms with Gasteiger partial charge in [0.05, 0.1) is 12.2 Å². The normalized spacial score (nSPS) is 12.7. The Morgan fingerprint density at radius 1 is 1.32 bits per heavy atom.